The zero-order valence-corrected chi connectivity index (χ0v) is 5.76. The third kappa shape index (κ3) is 3.19. The second kappa shape index (κ2) is 4.00. The maximum absolute atomic E-state index is 12.0. The lowest BCUT2D eigenvalue weighted by atomic mass is 10.2. The third-order valence-electron chi connectivity index (χ3n) is 0.945. The molecule has 0 aliphatic rings. The van der Waals surface area contributed by atoms with Gasteiger partial charge in [0.05, 0.1) is 12.9 Å². The van der Waals surface area contributed by atoms with Crippen LogP contribution < -0.4 is 5.73 Å². The van der Waals surface area contributed by atoms with Crippen molar-refractivity contribution in [2.75, 3.05) is 7.11 Å². The number of rotatable bonds is 3. The maximum atomic E-state index is 12.0. The van der Waals surface area contributed by atoms with Gasteiger partial charge in [0.15, 0.2) is 0 Å². The number of carbonyl (C=O) groups is 1. The molecule has 1 unspecified atom stereocenters. The van der Waals surface area contributed by atoms with Gasteiger partial charge in [-0.05, 0) is 0 Å². The highest BCUT2D eigenvalue weighted by Crippen LogP contribution is 2.02. The predicted octanol–water partition coefficient (Wildman–Crippen LogP) is 0.360. The van der Waals surface area contributed by atoms with Crippen molar-refractivity contribution in [3.05, 3.63) is 12.4 Å². The average Bonchev–Trinajstić information content (AvgIpc) is 1.85. The second-order valence-corrected chi connectivity index (χ2v) is 1.85. The fourth-order valence-electron chi connectivity index (χ4n) is 0.473. The van der Waals surface area contributed by atoms with E-state index in [1.165, 1.54) is 7.11 Å². The molecule has 0 heterocycles. The van der Waals surface area contributed by atoms with Gasteiger partial charge in [-0.25, -0.2) is 4.39 Å². The van der Waals surface area contributed by atoms with E-state index in [9.17, 15) is 9.18 Å². The summed E-state index contributed by atoms with van der Waals surface area (Å²) < 4.78 is 16.2. The van der Waals surface area contributed by atoms with Gasteiger partial charge in [-0.1, -0.05) is 6.58 Å². The zero-order valence-electron chi connectivity index (χ0n) is 5.76. The minimum Gasteiger partial charge on any atom is -0.468 e. The molecular weight excluding hydrogens is 137 g/mol. The van der Waals surface area contributed by atoms with Crippen LogP contribution in [-0.2, 0) is 9.53 Å². The van der Waals surface area contributed by atoms with Crippen LogP contribution in [0.3, 0.4) is 0 Å². The minimum absolute atomic E-state index is 0.174. The van der Waals surface area contributed by atoms with Crippen LogP contribution in [0.5, 0.6) is 0 Å². The number of methoxy groups -OCH3 is 1. The number of carbonyl (C=O) groups excluding carboxylic acids is 1. The lowest BCUT2D eigenvalue weighted by molar-refractivity contribution is -0.142. The van der Waals surface area contributed by atoms with E-state index >= 15 is 0 Å². The van der Waals surface area contributed by atoms with Gasteiger partial charge in [0.1, 0.15) is 6.04 Å². The van der Waals surface area contributed by atoms with Crippen molar-refractivity contribution in [3.8, 4) is 0 Å². The lowest BCUT2D eigenvalue weighted by Gasteiger charge is -2.05. The predicted molar refractivity (Wildman–Crippen MR) is 34.9 cm³/mol. The molecule has 0 amide bonds. The fraction of sp³-hybridized carbons (Fsp3) is 0.500. The first kappa shape index (κ1) is 9.10. The van der Waals surface area contributed by atoms with E-state index in [2.05, 4.69) is 11.3 Å². The molecule has 0 fully saturated rings. The summed E-state index contributed by atoms with van der Waals surface area (Å²) in [6, 6.07) is -0.928. The molecular formula is C6H10FNO2. The molecule has 0 aromatic carbocycles. The topological polar surface area (TPSA) is 52.3 Å². The summed E-state index contributed by atoms with van der Waals surface area (Å²) in [5.74, 6) is -1.24. The van der Waals surface area contributed by atoms with Gasteiger partial charge in [0, 0.05) is 6.42 Å². The Kier molecular flexibility index (Phi) is 3.64. The van der Waals surface area contributed by atoms with Crippen molar-refractivity contribution >= 4 is 5.97 Å². The van der Waals surface area contributed by atoms with Gasteiger partial charge in [-0.3, -0.25) is 4.79 Å². The summed E-state index contributed by atoms with van der Waals surface area (Å²) in [7, 11) is 1.20. The van der Waals surface area contributed by atoms with E-state index < -0.39 is 17.8 Å². The highest BCUT2D eigenvalue weighted by Gasteiger charge is 2.14. The molecule has 58 valence electrons. The fourth-order valence-corrected chi connectivity index (χ4v) is 0.473. The Hall–Kier alpha value is -0.900. The summed E-state index contributed by atoms with van der Waals surface area (Å²) in [4.78, 5) is 10.5. The Balaban J connectivity index is 3.72. The van der Waals surface area contributed by atoms with Crippen molar-refractivity contribution in [1.82, 2.24) is 0 Å². The maximum Gasteiger partial charge on any atom is 0.323 e. The molecule has 3 nitrogen and oxygen atoms in total. The quantitative estimate of drug-likeness (QED) is 0.586. The van der Waals surface area contributed by atoms with Crippen molar-refractivity contribution in [3.63, 3.8) is 0 Å². The summed E-state index contributed by atoms with van der Waals surface area (Å²) in [5, 5.41) is 0. The second-order valence-electron chi connectivity index (χ2n) is 1.85. The molecule has 4 heteroatoms. The van der Waals surface area contributed by atoms with E-state index in [1.54, 1.807) is 0 Å². The molecule has 0 saturated carbocycles. The van der Waals surface area contributed by atoms with Crippen molar-refractivity contribution in [2.45, 2.75) is 12.5 Å². The van der Waals surface area contributed by atoms with E-state index in [0.29, 0.717) is 0 Å². The van der Waals surface area contributed by atoms with Crippen LogP contribution in [0.25, 0.3) is 0 Å². The van der Waals surface area contributed by atoms with Gasteiger partial charge < -0.3 is 10.5 Å². The summed E-state index contributed by atoms with van der Waals surface area (Å²) in [6.07, 6.45) is -0.174. The molecule has 0 aliphatic heterocycles. The molecule has 0 aliphatic carbocycles. The van der Waals surface area contributed by atoms with Crippen LogP contribution in [0.15, 0.2) is 12.4 Å². The van der Waals surface area contributed by atoms with E-state index in [1.807, 2.05) is 0 Å². The SMILES string of the molecule is C=C(F)CC(N)C(=O)OC. The number of ether oxygens (including phenoxy) is 1. The number of nitrogens with two attached hydrogens (primary N) is 1. The van der Waals surface area contributed by atoms with Crippen molar-refractivity contribution in [1.29, 1.82) is 0 Å². The minimum atomic E-state index is -0.928. The summed E-state index contributed by atoms with van der Waals surface area (Å²) >= 11 is 0. The Morgan fingerprint density at radius 3 is 2.70 bits per heavy atom. The number of esters is 1. The molecule has 0 radical (unpaired) electrons. The van der Waals surface area contributed by atoms with Crippen LogP contribution >= 0.6 is 0 Å². The largest absolute Gasteiger partial charge is 0.468 e. The van der Waals surface area contributed by atoms with Crippen LogP contribution in [-0.4, -0.2) is 19.1 Å². The molecule has 0 bridgehead atoms. The van der Waals surface area contributed by atoms with Crippen LogP contribution in [0, 0.1) is 0 Å². The highest BCUT2D eigenvalue weighted by atomic mass is 19.1. The van der Waals surface area contributed by atoms with Crippen LogP contribution in [0.2, 0.25) is 0 Å². The molecule has 0 aromatic rings. The summed E-state index contributed by atoms with van der Waals surface area (Å²) in [6.45, 7) is 2.96. The average molecular weight is 147 g/mol. The zero-order chi connectivity index (χ0) is 8.15. The molecule has 1 atom stereocenters. The van der Waals surface area contributed by atoms with Crippen LogP contribution in [0.4, 0.5) is 4.39 Å². The van der Waals surface area contributed by atoms with Crippen molar-refractivity contribution in [2.24, 2.45) is 5.73 Å². The van der Waals surface area contributed by atoms with E-state index in [4.69, 9.17) is 5.73 Å². The Morgan fingerprint density at radius 2 is 2.40 bits per heavy atom. The van der Waals surface area contributed by atoms with Gasteiger partial charge in [-0.2, -0.15) is 0 Å². The molecule has 0 spiro atoms. The first-order valence-electron chi connectivity index (χ1n) is 2.74. The van der Waals surface area contributed by atoms with Crippen molar-refractivity contribution < 1.29 is 13.9 Å². The highest BCUT2D eigenvalue weighted by molar-refractivity contribution is 5.75. The molecule has 0 saturated heterocycles. The Morgan fingerprint density at radius 1 is 1.90 bits per heavy atom. The van der Waals surface area contributed by atoms with E-state index in [0.717, 1.165) is 0 Å². The molecule has 2 N–H and O–H groups in total. The normalized spacial score (nSPS) is 12.3. The monoisotopic (exact) mass is 147 g/mol. The number of hydrogen-bond donors (Lipinski definition) is 1. The van der Waals surface area contributed by atoms with E-state index in [-0.39, 0.29) is 6.42 Å². The lowest BCUT2D eigenvalue weighted by Crippen LogP contribution is -2.31. The first-order valence-corrected chi connectivity index (χ1v) is 2.74. The van der Waals surface area contributed by atoms with Gasteiger partial charge in [0.2, 0.25) is 0 Å². The first-order chi connectivity index (χ1) is 4.57. The van der Waals surface area contributed by atoms with Gasteiger partial charge in [-0.15, -0.1) is 0 Å². The van der Waals surface area contributed by atoms with Crippen LogP contribution in [0.1, 0.15) is 6.42 Å². The number of halogens is 1. The summed E-state index contributed by atoms with van der Waals surface area (Å²) in [5.41, 5.74) is 5.15. The molecule has 0 rings (SSSR count). The Labute approximate surface area is 58.7 Å². The smallest absolute Gasteiger partial charge is 0.323 e. The number of hydrogen-bond acceptors (Lipinski definition) is 3. The standard InChI is InChI=1S/C6H10FNO2/c1-4(7)3-5(8)6(9)10-2/h5H,1,3,8H2,2H3. The molecule has 10 heavy (non-hydrogen) atoms. The Bertz CT molecular complexity index is 147. The van der Waals surface area contributed by atoms with Gasteiger partial charge >= 0.3 is 5.97 Å². The van der Waals surface area contributed by atoms with Gasteiger partial charge in [0.25, 0.3) is 0 Å². The molecule has 0 aromatic heterocycles. The third-order valence-corrected chi connectivity index (χ3v) is 0.945.